The molecule has 1 atom stereocenters. The van der Waals surface area contributed by atoms with E-state index in [1.54, 1.807) is 4.68 Å². The zero-order valence-electron chi connectivity index (χ0n) is 11.4. The van der Waals surface area contributed by atoms with E-state index in [1.807, 2.05) is 20.8 Å². The summed E-state index contributed by atoms with van der Waals surface area (Å²) in [4.78, 5) is 0. The maximum Gasteiger partial charge on any atom is 0.411 e. The van der Waals surface area contributed by atoms with E-state index in [1.165, 1.54) is 0 Å². The van der Waals surface area contributed by atoms with Gasteiger partial charge in [-0.05, 0) is 20.3 Å². The number of halogens is 3. The maximum absolute atomic E-state index is 11.9. The molecule has 0 aliphatic heterocycles. The first-order chi connectivity index (χ1) is 8.76. The molecule has 4 nitrogen and oxygen atoms in total. The van der Waals surface area contributed by atoms with Crippen LogP contribution in [0.1, 0.15) is 36.3 Å². The van der Waals surface area contributed by atoms with Crippen LogP contribution in [0.4, 0.5) is 13.2 Å². The largest absolute Gasteiger partial charge is 0.411 e. The molecular formula is C12H20F3N3O. The Morgan fingerprint density at radius 3 is 2.53 bits per heavy atom. The summed E-state index contributed by atoms with van der Waals surface area (Å²) in [6.07, 6.45) is -3.50. The highest BCUT2D eigenvalue weighted by atomic mass is 19.4. The average Bonchev–Trinajstić information content (AvgIpc) is 2.58. The van der Waals surface area contributed by atoms with E-state index in [0.717, 1.165) is 23.4 Å². The zero-order valence-corrected chi connectivity index (χ0v) is 11.4. The van der Waals surface area contributed by atoms with E-state index in [9.17, 15) is 13.2 Å². The number of rotatable bonds is 6. The van der Waals surface area contributed by atoms with Gasteiger partial charge >= 0.3 is 6.18 Å². The molecule has 110 valence electrons. The van der Waals surface area contributed by atoms with Crippen LogP contribution in [0.15, 0.2) is 0 Å². The van der Waals surface area contributed by atoms with Crippen molar-refractivity contribution in [3.63, 3.8) is 0 Å². The Labute approximate surface area is 110 Å². The Balaban J connectivity index is 2.60. The second-order valence-electron chi connectivity index (χ2n) is 4.49. The van der Waals surface area contributed by atoms with E-state index >= 15 is 0 Å². The van der Waals surface area contributed by atoms with Gasteiger partial charge in [0.15, 0.2) is 0 Å². The molecule has 7 heteroatoms. The van der Waals surface area contributed by atoms with E-state index in [2.05, 4.69) is 9.84 Å². The van der Waals surface area contributed by atoms with Crippen molar-refractivity contribution in [2.24, 2.45) is 5.73 Å². The molecule has 0 aliphatic carbocycles. The summed E-state index contributed by atoms with van der Waals surface area (Å²) in [7, 11) is 0. The van der Waals surface area contributed by atoms with Crippen LogP contribution in [0.2, 0.25) is 0 Å². The van der Waals surface area contributed by atoms with E-state index in [4.69, 9.17) is 5.73 Å². The fourth-order valence-corrected chi connectivity index (χ4v) is 2.01. The quantitative estimate of drug-likeness (QED) is 0.814. The summed E-state index contributed by atoms with van der Waals surface area (Å²) < 4.78 is 42.0. The van der Waals surface area contributed by atoms with Gasteiger partial charge in [0.25, 0.3) is 0 Å². The first kappa shape index (κ1) is 16.0. The highest BCUT2D eigenvalue weighted by molar-refractivity contribution is 5.27. The highest BCUT2D eigenvalue weighted by Gasteiger charge is 2.27. The first-order valence-corrected chi connectivity index (χ1v) is 6.20. The maximum atomic E-state index is 11.9. The molecule has 0 saturated carbocycles. The number of nitrogens with two attached hydrogens (primary N) is 1. The highest BCUT2D eigenvalue weighted by Crippen LogP contribution is 2.22. The third-order valence-corrected chi connectivity index (χ3v) is 2.96. The molecular weight excluding hydrogens is 259 g/mol. The van der Waals surface area contributed by atoms with Gasteiger partial charge in [-0.3, -0.25) is 4.68 Å². The van der Waals surface area contributed by atoms with Crippen LogP contribution in [-0.2, 0) is 11.3 Å². The first-order valence-electron chi connectivity index (χ1n) is 6.20. The van der Waals surface area contributed by atoms with Crippen LogP contribution in [0, 0.1) is 13.8 Å². The molecule has 1 unspecified atom stereocenters. The van der Waals surface area contributed by atoms with Crippen molar-refractivity contribution in [1.29, 1.82) is 0 Å². The molecule has 0 saturated heterocycles. The number of aryl methyl sites for hydroxylation is 1. The topological polar surface area (TPSA) is 53.1 Å². The molecule has 0 aromatic carbocycles. The Bertz CT molecular complexity index is 415. The number of nitrogens with zero attached hydrogens (tertiary/aromatic N) is 2. The van der Waals surface area contributed by atoms with E-state index < -0.39 is 12.8 Å². The fraction of sp³-hybridized carbons (Fsp3) is 0.750. The number of aromatic nitrogens is 2. The predicted molar refractivity (Wildman–Crippen MR) is 65.8 cm³/mol. The van der Waals surface area contributed by atoms with Gasteiger partial charge in [0.1, 0.15) is 6.61 Å². The van der Waals surface area contributed by atoms with Gasteiger partial charge in [0, 0.05) is 17.3 Å². The second kappa shape index (κ2) is 6.38. The lowest BCUT2D eigenvalue weighted by atomic mass is 10.0. The molecule has 1 aromatic rings. The van der Waals surface area contributed by atoms with Gasteiger partial charge in [-0.15, -0.1) is 0 Å². The van der Waals surface area contributed by atoms with Gasteiger partial charge in [-0.25, -0.2) is 0 Å². The van der Waals surface area contributed by atoms with Crippen molar-refractivity contribution < 1.29 is 17.9 Å². The van der Waals surface area contributed by atoms with Crippen LogP contribution >= 0.6 is 0 Å². The molecule has 0 fully saturated rings. The summed E-state index contributed by atoms with van der Waals surface area (Å²) >= 11 is 0. The number of hydrogen-bond acceptors (Lipinski definition) is 3. The molecule has 2 N–H and O–H groups in total. The van der Waals surface area contributed by atoms with Crippen LogP contribution in [0.3, 0.4) is 0 Å². The molecule has 0 bridgehead atoms. The minimum Gasteiger partial charge on any atom is -0.370 e. The van der Waals surface area contributed by atoms with E-state index in [0.29, 0.717) is 6.54 Å². The minimum atomic E-state index is -4.29. The minimum absolute atomic E-state index is 0.0255. The lowest BCUT2D eigenvalue weighted by Gasteiger charge is -2.11. The molecule has 1 heterocycles. The SMILES string of the molecule is CCC(N)c1c(C)nn(CCOCC(F)(F)F)c1C. The third kappa shape index (κ3) is 4.50. The molecule has 19 heavy (non-hydrogen) atoms. The van der Waals surface area contributed by atoms with Crippen molar-refractivity contribution in [3.05, 3.63) is 17.0 Å². The molecule has 0 spiro atoms. The van der Waals surface area contributed by atoms with E-state index in [-0.39, 0.29) is 12.6 Å². The summed E-state index contributed by atoms with van der Waals surface area (Å²) in [5, 5.41) is 4.29. The Morgan fingerprint density at radius 2 is 2.00 bits per heavy atom. The van der Waals surface area contributed by atoms with Gasteiger partial charge in [0.05, 0.1) is 18.8 Å². The molecule has 0 amide bonds. The number of alkyl halides is 3. The van der Waals surface area contributed by atoms with Crippen LogP contribution in [0.25, 0.3) is 0 Å². The Kier molecular flexibility index (Phi) is 5.37. The Hall–Kier alpha value is -1.08. The fourth-order valence-electron chi connectivity index (χ4n) is 2.01. The summed E-state index contributed by atoms with van der Waals surface area (Å²) in [6.45, 7) is 4.74. The van der Waals surface area contributed by atoms with Crippen molar-refractivity contribution in [2.45, 2.75) is 46.0 Å². The molecule has 1 rings (SSSR count). The van der Waals surface area contributed by atoms with Crippen LogP contribution < -0.4 is 5.73 Å². The van der Waals surface area contributed by atoms with Crippen molar-refractivity contribution in [1.82, 2.24) is 9.78 Å². The summed E-state index contributed by atoms with van der Waals surface area (Å²) in [6, 6.07) is -0.0927. The van der Waals surface area contributed by atoms with Gasteiger partial charge in [-0.2, -0.15) is 18.3 Å². The Morgan fingerprint density at radius 1 is 1.37 bits per heavy atom. The lowest BCUT2D eigenvalue weighted by Crippen LogP contribution is -2.19. The number of hydrogen-bond donors (Lipinski definition) is 1. The smallest absolute Gasteiger partial charge is 0.370 e. The summed E-state index contributed by atoms with van der Waals surface area (Å²) in [5.41, 5.74) is 8.67. The molecule has 0 aliphatic rings. The van der Waals surface area contributed by atoms with Crippen LogP contribution in [0.5, 0.6) is 0 Å². The van der Waals surface area contributed by atoms with Gasteiger partial charge < -0.3 is 10.5 Å². The predicted octanol–water partition coefficient (Wildman–Crippen LogP) is 2.49. The van der Waals surface area contributed by atoms with Gasteiger partial charge in [-0.1, -0.05) is 6.92 Å². The van der Waals surface area contributed by atoms with Crippen LogP contribution in [-0.4, -0.2) is 29.2 Å². The molecule has 0 radical (unpaired) electrons. The third-order valence-electron chi connectivity index (χ3n) is 2.96. The standard InChI is InChI=1S/C12H20F3N3O/c1-4-10(16)11-8(2)17-18(9(11)3)5-6-19-7-12(13,14)15/h10H,4-7,16H2,1-3H3. The van der Waals surface area contributed by atoms with Gasteiger partial charge in [0.2, 0.25) is 0 Å². The number of ether oxygens (including phenoxy) is 1. The lowest BCUT2D eigenvalue weighted by molar-refractivity contribution is -0.174. The van der Waals surface area contributed by atoms with Crippen molar-refractivity contribution in [2.75, 3.05) is 13.2 Å². The second-order valence-corrected chi connectivity index (χ2v) is 4.49. The normalized spacial score (nSPS) is 13.8. The average molecular weight is 279 g/mol. The molecule has 1 aromatic heterocycles. The van der Waals surface area contributed by atoms with Crippen molar-refractivity contribution >= 4 is 0 Å². The zero-order chi connectivity index (χ0) is 14.6. The monoisotopic (exact) mass is 279 g/mol. The van der Waals surface area contributed by atoms with Crippen molar-refractivity contribution in [3.8, 4) is 0 Å². The summed E-state index contributed by atoms with van der Waals surface area (Å²) in [5.74, 6) is 0.